The number of carbonyl (C=O) groups is 1. The van der Waals surface area contributed by atoms with Gasteiger partial charge in [0, 0.05) is 24.8 Å². The predicted octanol–water partition coefficient (Wildman–Crippen LogP) is 3.99. The number of aromatic nitrogens is 2. The Morgan fingerprint density at radius 2 is 1.83 bits per heavy atom. The largest absolute Gasteiger partial charge is 0.494 e. The molecule has 1 amide bonds. The Morgan fingerprint density at radius 1 is 1.07 bits per heavy atom. The summed E-state index contributed by atoms with van der Waals surface area (Å²) in [5.41, 5.74) is 2.57. The highest BCUT2D eigenvalue weighted by atomic mass is 16.5. The van der Waals surface area contributed by atoms with E-state index in [0.717, 1.165) is 35.7 Å². The van der Waals surface area contributed by atoms with Gasteiger partial charge in [0.05, 0.1) is 12.3 Å². The van der Waals surface area contributed by atoms with Gasteiger partial charge in [-0.3, -0.25) is 9.48 Å². The summed E-state index contributed by atoms with van der Waals surface area (Å²) < 4.78 is 13.1. The van der Waals surface area contributed by atoms with Crippen molar-refractivity contribution in [2.75, 3.05) is 13.2 Å². The van der Waals surface area contributed by atoms with Gasteiger partial charge in [-0.15, -0.1) is 0 Å². The van der Waals surface area contributed by atoms with Crippen LogP contribution < -0.4 is 14.8 Å². The number of rotatable bonds is 10. The maximum absolute atomic E-state index is 12.4. The first-order valence-corrected chi connectivity index (χ1v) is 9.87. The fraction of sp³-hybridized carbons (Fsp3) is 0.304. The number of benzene rings is 2. The van der Waals surface area contributed by atoms with Gasteiger partial charge >= 0.3 is 0 Å². The van der Waals surface area contributed by atoms with Crippen LogP contribution in [-0.2, 0) is 13.2 Å². The minimum Gasteiger partial charge on any atom is -0.494 e. The summed E-state index contributed by atoms with van der Waals surface area (Å²) >= 11 is 0. The summed E-state index contributed by atoms with van der Waals surface area (Å²) in [6.45, 7) is 6.33. The van der Waals surface area contributed by atoms with Crippen molar-refractivity contribution in [3.05, 3.63) is 77.6 Å². The number of ether oxygens (including phenoxy) is 2. The maximum Gasteiger partial charge on any atom is 0.251 e. The first-order chi connectivity index (χ1) is 14.1. The Morgan fingerprint density at radius 3 is 2.52 bits per heavy atom. The Hall–Kier alpha value is -3.28. The van der Waals surface area contributed by atoms with Crippen LogP contribution in [0.5, 0.6) is 11.5 Å². The quantitative estimate of drug-likeness (QED) is 0.529. The zero-order chi connectivity index (χ0) is 20.5. The molecule has 152 valence electrons. The first-order valence-electron chi connectivity index (χ1n) is 9.87. The molecule has 2 aromatic carbocycles. The van der Waals surface area contributed by atoms with E-state index in [1.165, 1.54) is 0 Å². The molecule has 6 nitrogen and oxygen atoms in total. The normalized spacial score (nSPS) is 10.6. The van der Waals surface area contributed by atoms with Crippen molar-refractivity contribution in [1.29, 1.82) is 0 Å². The lowest BCUT2D eigenvalue weighted by molar-refractivity contribution is 0.0952. The lowest BCUT2D eigenvalue weighted by Crippen LogP contribution is -2.25. The highest BCUT2D eigenvalue weighted by molar-refractivity contribution is 5.94. The first kappa shape index (κ1) is 20.5. The molecule has 0 saturated carbocycles. The smallest absolute Gasteiger partial charge is 0.251 e. The fourth-order valence-electron chi connectivity index (χ4n) is 2.90. The van der Waals surface area contributed by atoms with Gasteiger partial charge in [0.1, 0.15) is 18.1 Å². The standard InChI is InChI=1S/C23H27N3O3/c1-3-28-21-8-10-22(11-9-21)29-17-19-6-4-7-20(16-19)23(27)24-13-5-14-26-15-12-18(2)25-26/h4,6-12,15-16H,3,5,13-14,17H2,1-2H3,(H,24,27). The zero-order valence-corrected chi connectivity index (χ0v) is 16.9. The maximum atomic E-state index is 12.4. The van der Waals surface area contributed by atoms with E-state index in [4.69, 9.17) is 9.47 Å². The van der Waals surface area contributed by atoms with E-state index in [1.54, 1.807) is 0 Å². The molecule has 1 aromatic heterocycles. The molecular weight excluding hydrogens is 366 g/mol. The SMILES string of the molecule is CCOc1ccc(OCc2cccc(C(=O)NCCCn3ccc(C)n3)c2)cc1. The van der Waals surface area contributed by atoms with E-state index < -0.39 is 0 Å². The van der Waals surface area contributed by atoms with E-state index in [2.05, 4.69) is 10.4 Å². The molecule has 0 aliphatic heterocycles. The number of hydrogen-bond donors (Lipinski definition) is 1. The number of aryl methyl sites for hydroxylation is 2. The summed E-state index contributed by atoms with van der Waals surface area (Å²) in [5.74, 6) is 1.50. The van der Waals surface area contributed by atoms with Crippen LogP contribution in [0.4, 0.5) is 0 Å². The molecule has 0 aliphatic rings. The van der Waals surface area contributed by atoms with Gasteiger partial charge in [0.15, 0.2) is 0 Å². The number of nitrogens with zero attached hydrogens (tertiary/aromatic N) is 2. The number of hydrogen-bond acceptors (Lipinski definition) is 4. The molecular formula is C23H27N3O3. The predicted molar refractivity (Wildman–Crippen MR) is 112 cm³/mol. The molecule has 0 aliphatic carbocycles. The molecule has 29 heavy (non-hydrogen) atoms. The van der Waals surface area contributed by atoms with Crippen molar-refractivity contribution in [3.8, 4) is 11.5 Å². The number of amides is 1. The second kappa shape index (κ2) is 10.3. The third-order valence-electron chi connectivity index (χ3n) is 4.35. The van der Waals surface area contributed by atoms with Crippen molar-refractivity contribution >= 4 is 5.91 Å². The fourth-order valence-corrected chi connectivity index (χ4v) is 2.90. The van der Waals surface area contributed by atoms with E-state index in [0.29, 0.717) is 25.3 Å². The minimum atomic E-state index is -0.0791. The van der Waals surface area contributed by atoms with Gasteiger partial charge in [-0.2, -0.15) is 5.10 Å². The molecule has 0 atom stereocenters. The molecule has 3 rings (SSSR count). The highest BCUT2D eigenvalue weighted by Crippen LogP contribution is 2.19. The molecule has 0 fully saturated rings. The van der Waals surface area contributed by atoms with Crippen molar-refractivity contribution in [1.82, 2.24) is 15.1 Å². The molecule has 0 saturated heterocycles. The van der Waals surface area contributed by atoms with Gasteiger partial charge in [-0.25, -0.2) is 0 Å². The van der Waals surface area contributed by atoms with Crippen LogP contribution in [0.3, 0.4) is 0 Å². The second-order valence-electron chi connectivity index (χ2n) is 6.72. The Bertz CT molecular complexity index is 919. The van der Waals surface area contributed by atoms with Crippen LogP contribution in [0.2, 0.25) is 0 Å². The molecule has 0 radical (unpaired) electrons. The summed E-state index contributed by atoms with van der Waals surface area (Å²) in [4.78, 5) is 12.4. The zero-order valence-electron chi connectivity index (χ0n) is 16.9. The molecule has 1 N–H and O–H groups in total. The minimum absolute atomic E-state index is 0.0791. The van der Waals surface area contributed by atoms with Crippen molar-refractivity contribution < 1.29 is 14.3 Å². The van der Waals surface area contributed by atoms with E-state index in [1.807, 2.05) is 79.3 Å². The third kappa shape index (κ3) is 6.38. The van der Waals surface area contributed by atoms with E-state index in [-0.39, 0.29) is 5.91 Å². The van der Waals surface area contributed by atoms with Crippen LogP contribution in [0.1, 0.15) is 35.0 Å². The van der Waals surface area contributed by atoms with Gasteiger partial charge in [0.25, 0.3) is 5.91 Å². The van der Waals surface area contributed by atoms with Crippen LogP contribution in [-0.4, -0.2) is 28.8 Å². The average molecular weight is 393 g/mol. The van der Waals surface area contributed by atoms with Crippen molar-refractivity contribution in [2.45, 2.75) is 33.4 Å². The Kier molecular flexibility index (Phi) is 7.28. The molecule has 0 bridgehead atoms. The van der Waals surface area contributed by atoms with E-state index in [9.17, 15) is 4.79 Å². The lowest BCUT2D eigenvalue weighted by Gasteiger charge is -2.10. The summed E-state index contributed by atoms with van der Waals surface area (Å²) in [6, 6.07) is 17.0. The van der Waals surface area contributed by atoms with Crippen molar-refractivity contribution in [3.63, 3.8) is 0 Å². The highest BCUT2D eigenvalue weighted by Gasteiger charge is 2.06. The summed E-state index contributed by atoms with van der Waals surface area (Å²) in [7, 11) is 0. The van der Waals surface area contributed by atoms with Crippen LogP contribution in [0.15, 0.2) is 60.8 Å². The van der Waals surface area contributed by atoms with Gasteiger partial charge in [0.2, 0.25) is 0 Å². The number of carbonyl (C=O) groups excluding carboxylic acids is 1. The number of nitrogens with one attached hydrogen (secondary N) is 1. The second-order valence-corrected chi connectivity index (χ2v) is 6.72. The molecule has 3 aromatic rings. The third-order valence-corrected chi connectivity index (χ3v) is 4.35. The topological polar surface area (TPSA) is 65.4 Å². The van der Waals surface area contributed by atoms with E-state index >= 15 is 0 Å². The molecule has 1 heterocycles. The lowest BCUT2D eigenvalue weighted by atomic mass is 10.1. The van der Waals surface area contributed by atoms with Crippen molar-refractivity contribution in [2.24, 2.45) is 0 Å². The monoisotopic (exact) mass is 393 g/mol. The molecule has 0 unspecified atom stereocenters. The van der Waals surface area contributed by atoms with Gasteiger partial charge < -0.3 is 14.8 Å². The Labute approximate surface area is 171 Å². The van der Waals surface area contributed by atoms with Crippen LogP contribution in [0, 0.1) is 6.92 Å². The van der Waals surface area contributed by atoms with Gasteiger partial charge in [-0.05, 0) is 68.3 Å². The van der Waals surface area contributed by atoms with Crippen LogP contribution in [0.25, 0.3) is 0 Å². The van der Waals surface area contributed by atoms with Crippen LogP contribution >= 0.6 is 0 Å². The Balaban J connectivity index is 1.45. The molecule has 6 heteroatoms. The summed E-state index contributed by atoms with van der Waals surface area (Å²) in [5, 5.41) is 7.30. The average Bonchev–Trinajstić information content (AvgIpc) is 3.16. The molecule has 0 spiro atoms. The summed E-state index contributed by atoms with van der Waals surface area (Å²) in [6.07, 6.45) is 2.78. The van der Waals surface area contributed by atoms with Gasteiger partial charge in [-0.1, -0.05) is 12.1 Å².